The molecule has 1 aromatic heterocycles. The largest absolute Gasteiger partial charge is 0.377 e. The minimum Gasteiger partial charge on any atom is -0.377 e. The lowest BCUT2D eigenvalue weighted by molar-refractivity contribution is 0.0315. The summed E-state index contributed by atoms with van der Waals surface area (Å²) in [6.45, 7) is 2.84. The van der Waals surface area contributed by atoms with Gasteiger partial charge in [0.05, 0.1) is 22.7 Å². The van der Waals surface area contributed by atoms with Gasteiger partial charge in [0.1, 0.15) is 0 Å². The molecule has 1 unspecified atom stereocenters. The van der Waals surface area contributed by atoms with Gasteiger partial charge < -0.3 is 4.74 Å². The van der Waals surface area contributed by atoms with Crippen LogP contribution in [-0.4, -0.2) is 28.0 Å². The third-order valence-electron chi connectivity index (χ3n) is 4.73. The SMILES string of the molecule is Cc1cccc(-n2c(SCC3CCCCO3)nc3cc(Cl)ccc3c2=O)c1. The fraction of sp³-hybridized carbons (Fsp3) is 0.333. The number of ether oxygens (including phenoxy) is 1. The molecule has 4 nitrogen and oxygen atoms in total. The summed E-state index contributed by atoms with van der Waals surface area (Å²) in [6.07, 6.45) is 3.58. The molecule has 1 saturated heterocycles. The van der Waals surface area contributed by atoms with Gasteiger partial charge in [-0.1, -0.05) is 35.5 Å². The molecule has 1 fully saturated rings. The van der Waals surface area contributed by atoms with Crippen molar-refractivity contribution in [3.8, 4) is 5.69 Å². The highest BCUT2D eigenvalue weighted by atomic mass is 35.5. The summed E-state index contributed by atoms with van der Waals surface area (Å²) >= 11 is 7.70. The van der Waals surface area contributed by atoms with Crippen LogP contribution in [-0.2, 0) is 4.74 Å². The molecule has 2 heterocycles. The maximum Gasteiger partial charge on any atom is 0.266 e. The third kappa shape index (κ3) is 4.05. The Labute approximate surface area is 167 Å². The first-order chi connectivity index (χ1) is 13.1. The van der Waals surface area contributed by atoms with E-state index in [-0.39, 0.29) is 11.7 Å². The summed E-state index contributed by atoms with van der Waals surface area (Å²) in [7, 11) is 0. The van der Waals surface area contributed by atoms with Crippen molar-refractivity contribution in [2.45, 2.75) is 37.4 Å². The van der Waals surface area contributed by atoms with Crippen molar-refractivity contribution >= 4 is 34.3 Å². The number of rotatable bonds is 4. The molecule has 4 rings (SSSR count). The van der Waals surface area contributed by atoms with Gasteiger partial charge in [-0.25, -0.2) is 4.98 Å². The summed E-state index contributed by atoms with van der Waals surface area (Å²) in [5.41, 5.74) is 2.48. The van der Waals surface area contributed by atoms with E-state index in [4.69, 9.17) is 21.3 Å². The Morgan fingerprint density at radius 3 is 2.93 bits per heavy atom. The topological polar surface area (TPSA) is 44.1 Å². The van der Waals surface area contributed by atoms with E-state index in [1.54, 1.807) is 34.5 Å². The molecule has 0 amide bonds. The van der Waals surface area contributed by atoms with Crippen LogP contribution in [0.15, 0.2) is 52.4 Å². The van der Waals surface area contributed by atoms with Crippen molar-refractivity contribution in [3.05, 3.63) is 63.4 Å². The lowest BCUT2D eigenvalue weighted by Crippen LogP contribution is -2.24. The van der Waals surface area contributed by atoms with Gasteiger partial charge in [-0.05, 0) is 62.1 Å². The molecule has 0 radical (unpaired) electrons. The first kappa shape index (κ1) is 18.5. The van der Waals surface area contributed by atoms with E-state index in [0.29, 0.717) is 21.1 Å². The van der Waals surface area contributed by atoms with Gasteiger partial charge >= 0.3 is 0 Å². The number of hydrogen-bond acceptors (Lipinski definition) is 4. The number of hydrogen-bond donors (Lipinski definition) is 0. The van der Waals surface area contributed by atoms with Crippen LogP contribution >= 0.6 is 23.4 Å². The Morgan fingerprint density at radius 1 is 1.26 bits per heavy atom. The summed E-state index contributed by atoms with van der Waals surface area (Å²) < 4.78 is 7.55. The molecule has 6 heteroatoms. The normalized spacial score (nSPS) is 17.3. The van der Waals surface area contributed by atoms with Gasteiger partial charge in [0.25, 0.3) is 5.56 Å². The molecule has 0 spiro atoms. The number of thioether (sulfide) groups is 1. The number of nitrogens with zero attached hydrogens (tertiary/aromatic N) is 2. The fourth-order valence-corrected chi connectivity index (χ4v) is 4.58. The van der Waals surface area contributed by atoms with Crippen molar-refractivity contribution in [2.24, 2.45) is 0 Å². The summed E-state index contributed by atoms with van der Waals surface area (Å²) in [5.74, 6) is 0.782. The van der Waals surface area contributed by atoms with Gasteiger partial charge in [0, 0.05) is 17.4 Å². The van der Waals surface area contributed by atoms with Gasteiger partial charge in [0.2, 0.25) is 0 Å². The predicted octanol–water partition coefficient (Wildman–Crippen LogP) is 5.01. The highest BCUT2D eigenvalue weighted by Gasteiger charge is 2.18. The summed E-state index contributed by atoms with van der Waals surface area (Å²) in [6, 6.07) is 13.2. The van der Waals surface area contributed by atoms with Crippen LogP contribution in [0.5, 0.6) is 0 Å². The van der Waals surface area contributed by atoms with Crippen molar-refractivity contribution in [1.82, 2.24) is 9.55 Å². The second kappa shape index (κ2) is 8.05. The lowest BCUT2D eigenvalue weighted by atomic mass is 10.1. The van der Waals surface area contributed by atoms with E-state index < -0.39 is 0 Å². The minimum absolute atomic E-state index is 0.0747. The van der Waals surface area contributed by atoms with Gasteiger partial charge in [-0.15, -0.1) is 0 Å². The summed E-state index contributed by atoms with van der Waals surface area (Å²) in [5, 5.41) is 1.82. The minimum atomic E-state index is -0.0747. The average Bonchev–Trinajstić information content (AvgIpc) is 2.67. The standard InChI is InChI=1S/C21H21ClN2O2S/c1-14-5-4-6-16(11-14)24-20(25)18-9-8-15(22)12-19(18)23-21(24)27-13-17-7-2-3-10-26-17/h4-6,8-9,11-12,17H,2-3,7,10,13H2,1H3. The van der Waals surface area contributed by atoms with E-state index in [2.05, 4.69) is 0 Å². The van der Waals surface area contributed by atoms with E-state index in [1.165, 1.54) is 6.42 Å². The Balaban J connectivity index is 1.80. The maximum atomic E-state index is 13.3. The Bertz CT molecular complexity index is 1030. The van der Waals surface area contributed by atoms with E-state index in [0.717, 1.165) is 36.5 Å². The smallest absolute Gasteiger partial charge is 0.266 e. The maximum absolute atomic E-state index is 13.3. The Morgan fingerprint density at radius 2 is 2.15 bits per heavy atom. The van der Waals surface area contributed by atoms with Crippen LogP contribution in [0, 0.1) is 6.92 Å². The molecule has 1 aliphatic heterocycles. The molecule has 0 N–H and O–H groups in total. The van der Waals surface area contributed by atoms with Crippen LogP contribution in [0.25, 0.3) is 16.6 Å². The fourth-order valence-electron chi connectivity index (χ4n) is 3.34. The zero-order valence-corrected chi connectivity index (χ0v) is 16.7. The molecule has 0 saturated carbocycles. The van der Waals surface area contributed by atoms with Gasteiger partial charge in [-0.3, -0.25) is 9.36 Å². The van der Waals surface area contributed by atoms with Crippen LogP contribution in [0.2, 0.25) is 5.02 Å². The van der Waals surface area contributed by atoms with Crippen LogP contribution in [0.4, 0.5) is 0 Å². The lowest BCUT2D eigenvalue weighted by Gasteiger charge is -2.22. The van der Waals surface area contributed by atoms with Crippen LogP contribution in [0.1, 0.15) is 24.8 Å². The highest BCUT2D eigenvalue weighted by molar-refractivity contribution is 7.99. The molecule has 1 aliphatic rings. The number of aryl methyl sites for hydroxylation is 1. The van der Waals surface area contributed by atoms with Crippen molar-refractivity contribution in [2.75, 3.05) is 12.4 Å². The van der Waals surface area contributed by atoms with Crippen molar-refractivity contribution in [1.29, 1.82) is 0 Å². The second-order valence-corrected chi connectivity index (χ2v) is 8.26. The van der Waals surface area contributed by atoms with E-state index in [1.807, 2.05) is 31.2 Å². The molecule has 140 valence electrons. The first-order valence-corrected chi connectivity index (χ1v) is 10.5. The highest BCUT2D eigenvalue weighted by Crippen LogP contribution is 2.26. The first-order valence-electron chi connectivity index (χ1n) is 9.15. The zero-order chi connectivity index (χ0) is 18.8. The molecule has 1 atom stereocenters. The van der Waals surface area contributed by atoms with Crippen molar-refractivity contribution in [3.63, 3.8) is 0 Å². The molecule has 0 bridgehead atoms. The van der Waals surface area contributed by atoms with Crippen molar-refractivity contribution < 1.29 is 4.74 Å². The molecule has 3 aromatic rings. The van der Waals surface area contributed by atoms with E-state index >= 15 is 0 Å². The number of fused-ring (bicyclic) bond motifs is 1. The third-order valence-corrected chi connectivity index (χ3v) is 6.04. The quantitative estimate of drug-likeness (QED) is 0.456. The Kier molecular flexibility index (Phi) is 5.53. The van der Waals surface area contributed by atoms with Crippen LogP contribution < -0.4 is 5.56 Å². The molecular formula is C21H21ClN2O2S. The second-order valence-electron chi connectivity index (χ2n) is 6.84. The molecular weight excluding hydrogens is 380 g/mol. The average molecular weight is 401 g/mol. The molecule has 2 aromatic carbocycles. The zero-order valence-electron chi connectivity index (χ0n) is 15.2. The Hall–Kier alpha value is -1.82. The van der Waals surface area contributed by atoms with Crippen LogP contribution in [0.3, 0.4) is 0 Å². The van der Waals surface area contributed by atoms with E-state index in [9.17, 15) is 4.79 Å². The van der Waals surface area contributed by atoms with Gasteiger partial charge in [0.15, 0.2) is 5.16 Å². The molecule has 27 heavy (non-hydrogen) atoms. The van der Waals surface area contributed by atoms with Gasteiger partial charge in [-0.2, -0.15) is 0 Å². The number of benzene rings is 2. The number of halogens is 1. The number of aromatic nitrogens is 2. The monoisotopic (exact) mass is 400 g/mol. The predicted molar refractivity (Wildman–Crippen MR) is 111 cm³/mol. The molecule has 0 aliphatic carbocycles. The summed E-state index contributed by atoms with van der Waals surface area (Å²) in [4.78, 5) is 18.0.